The molecule has 37 heavy (non-hydrogen) atoms. The molecule has 1 heterocycles. The lowest BCUT2D eigenvalue weighted by Crippen LogP contribution is -2.56. The van der Waals surface area contributed by atoms with E-state index in [1.807, 2.05) is 0 Å². The molecule has 5 fully saturated rings. The minimum Gasteiger partial charge on any atom is -0.393 e. The van der Waals surface area contributed by atoms with Crippen LogP contribution in [0.2, 0.25) is 0 Å². The summed E-state index contributed by atoms with van der Waals surface area (Å²) >= 11 is 0. The van der Waals surface area contributed by atoms with E-state index in [2.05, 4.69) is 55.4 Å². The Morgan fingerprint density at radius 1 is 1.00 bits per heavy atom. The molecule has 2 N–H and O–H groups in total. The fourth-order valence-electron chi connectivity index (χ4n) is 11.2. The van der Waals surface area contributed by atoms with Crippen molar-refractivity contribution >= 4 is 0 Å². The van der Waals surface area contributed by atoms with Gasteiger partial charge in [-0.3, -0.25) is 0 Å². The SMILES string of the molecule is CCCCC12C[C@@]13CC[C@H](C)C(C)(C)C3[C@@H](O)C[C@H]2[C@@]1(C)CC([C@@]2(C)CC[C@@H](C(C)(C)OC)O2)[C@@H](O)C1. The number of aliphatic hydroxyl groups excluding tert-OH is 2. The van der Waals surface area contributed by atoms with Gasteiger partial charge in [0.05, 0.1) is 29.5 Å². The van der Waals surface area contributed by atoms with E-state index in [0.717, 1.165) is 32.1 Å². The Kier molecular flexibility index (Phi) is 6.84. The zero-order valence-corrected chi connectivity index (χ0v) is 25.5. The highest BCUT2D eigenvalue weighted by Gasteiger charge is 2.80. The molecule has 11 atom stereocenters. The van der Waals surface area contributed by atoms with Crippen LogP contribution in [0.3, 0.4) is 0 Å². The molecule has 0 aromatic rings. The first-order valence-electron chi connectivity index (χ1n) is 15.7. The summed E-state index contributed by atoms with van der Waals surface area (Å²) < 4.78 is 12.6. The fourth-order valence-corrected chi connectivity index (χ4v) is 11.2. The molecule has 214 valence electrons. The van der Waals surface area contributed by atoms with Gasteiger partial charge in [-0.15, -0.1) is 0 Å². The van der Waals surface area contributed by atoms with Gasteiger partial charge in [0, 0.05) is 13.0 Å². The molecule has 1 saturated heterocycles. The zero-order chi connectivity index (χ0) is 27.2. The van der Waals surface area contributed by atoms with E-state index in [9.17, 15) is 10.2 Å². The van der Waals surface area contributed by atoms with Crippen LogP contribution in [0.5, 0.6) is 0 Å². The maximum absolute atomic E-state index is 11.9. The van der Waals surface area contributed by atoms with E-state index < -0.39 is 0 Å². The third-order valence-corrected chi connectivity index (χ3v) is 13.8. The summed E-state index contributed by atoms with van der Waals surface area (Å²) in [7, 11) is 1.77. The smallest absolute Gasteiger partial charge is 0.0883 e. The van der Waals surface area contributed by atoms with Gasteiger partial charge in [-0.25, -0.2) is 0 Å². The summed E-state index contributed by atoms with van der Waals surface area (Å²) in [5.41, 5.74) is 0.237. The number of rotatable bonds is 7. The Balaban J connectivity index is 1.44. The van der Waals surface area contributed by atoms with Crippen LogP contribution in [0.25, 0.3) is 0 Å². The maximum atomic E-state index is 11.9. The van der Waals surface area contributed by atoms with E-state index in [4.69, 9.17) is 9.47 Å². The molecule has 5 aliphatic rings. The molecule has 1 spiro atoms. The summed E-state index contributed by atoms with van der Waals surface area (Å²) in [5, 5.41) is 23.5. The molecule has 0 aromatic carbocycles. The Morgan fingerprint density at radius 3 is 2.35 bits per heavy atom. The number of hydrogen-bond donors (Lipinski definition) is 2. The van der Waals surface area contributed by atoms with E-state index in [-0.39, 0.29) is 46.3 Å². The molecule has 4 heteroatoms. The van der Waals surface area contributed by atoms with Crippen molar-refractivity contribution in [2.75, 3.05) is 7.11 Å². The lowest BCUT2D eigenvalue weighted by atomic mass is 9.46. The van der Waals surface area contributed by atoms with Crippen LogP contribution in [-0.4, -0.2) is 46.8 Å². The molecule has 5 rings (SSSR count). The predicted molar refractivity (Wildman–Crippen MR) is 149 cm³/mol. The molecule has 3 unspecified atom stereocenters. The van der Waals surface area contributed by atoms with Gasteiger partial charge < -0.3 is 19.7 Å². The second-order valence-corrected chi connectivity index (χ2v) is 16.2. The van der Waals surface area contributed by atoms with Crippen molar-refractivity contribution < 1.29 is 19.7 Å². The monoisotopic (exact) mass is 518 g/mol. The third kappa shape index (κ3) is 3.96. The Morgan fingerprint density at radius 2 is 1.70 bits per heavy atom. The van der Waals surface area contributed by atoms with Crippen LogP contribution < -0.4 is 0 Å². The molecule has 4 aliphatic carbocycles. The van der Waals surface area contributed by atoms with Crippen LogP contribution >= 0.6 is 0 Å². The van der Waals surface area contributed by atoms with Gasteiger partial charge in [0.15, 0.2) is 0 Å². The highest BCUT2D eigenvalue weighted by atomic mass is 16.6. The van der Waals surface area contributed by atoms with Crippen LogP contribution in [0, 0.1) is 45.3 Å². The molecular formula is C33H58O4. The van der Waals surface area contributed by atoms with Crippen LogP contribution in [0.4, 0.5) is 0 Å². The highest BCUT2D eigenvalue weighted by Crippen LogP contribution is 2.85. The summed E-state index contributed by atoms with van der Waals surface area (Å²) in [5.74, 6) is 1.70. The first kappa shape index (κ1) is 28.4. The normalized spacial score (nSPS) is 53.1. The number of methoxy groups -OCH3 is 1. The van der Waals surface area contributed by atoms with Crippen LogP contribution in [0.15, 0.2) is 0 Å². The van der Waals surface area contributed by atoms with Gasteiger partial charge in [0.25, 0.3) is 0 Å². The van der Waals surface area contributed by atoms with Crippen LogP contribution in [0.1, 0.15) is 126 Å². The molecule has 0 amide bonds. The van der Waals surface area contributed by atoms with E-state index in [1.54, 1.807) is 7.11 Å². The predicted octanol–water partition coefficient (Wildman–Crippen LogP) is 7.15. The number of unbranched alkanes of at least 4 members (excludes halogenated alkanes) is 1. The van der Waals surface area contributed by atoms with E-state index >= 15 is 0 Å². The molecule has 0 aromatic heterocycles. The quantitative estimate of drug-likeness (QED) is 0.376. The molecule has 4 saturated carbocycles. The largest absolute Gasteiger partial charge is 0.393 e. The van der Waals surface area contributed by atoms with Gasteiger partial charge in [-0.1, -0.05) is 47.5 Å². The minimum atomic E-state index is -0.338. The lowest BCUT2D eigenvalue weighted by Gasteiger charge is -2.59. The second kappa shape index (κ2) is 8.92. The first-order valence-corrected chi connectivity index (χ1v) is 15.7. The van der Waals surface area contributed by atoms with Gasteiger partial charge in [-0.2, -0.15) is 0 Å². The average Bonchev–Trinajstić information content (AvgIpc) is 3.08. The van der Waals surface area contributed by atoms with Crippen molar-refractivity contribution in [3.63, 3.8) is 0 Å². The number of hydrogen-bond acceptors (Lipinski definition) is 4. The minimum absolute atomic E-state index is 0.0434. The summed E-state index contributed by atoms with van der Waals surface area (Å²) in [4.78, 5) is 0. The lowest BCUT2D eigenvalue weighted by molar-refractivity contribution is -0.159. The average molecular weight is 519 g/mol. The summed E-state index contributed by atoms with van der Waals surface area (Å²) in [6.07, 6.45) is 11.9. The highest BCUT2D eigenvalue weighted by molar-refractivity contribution is 5.28. The Labute approximate surface area is 227 Å². The van der Waals surface area contributed by atoms with Gasteiger partial charge in [-0.05, 0) is 118 Å². The van der Waals surface area contributed by atoms with Crippen molar-refractivity contribution in [3.8, 4) is 0 Å². The Bertz CT molecular complexity index is 868. The Hall–Kier alpha value is -0.160. The number of ether oxygens (including phenoxy) is 2. The van der Waals surface area contributed by atoms with Crippen molar-refractivity contribution in [2.24, 2.45) is 45.3 Å². The third-order valence-electron chi connectivity index (χ3n) is 13.8. The van der Waals surface area contributed by atoms with Gasteiger partial charge >= 0.3 is 0 Å². The van der Waals surface area contributed by atoms with Crippen molar-refractivity contribution in [1.29, 1.82) is 0 Å². The summed E-state index contributed by atoms with van der Waals surface area (Å²) in [6.45, 7) is 18.6. The standard InChI is InChI=1S/C33H58O4/c1-10-11-14-32-20-33(32)16-12-21(2)28(3,4)27(33)23(34)17-25(32)30(7)18-22(24(35)19-30)31(8)15-13-26(37-31)29(5,6)36-9/h21-27,34-35H,10-20H2,1-9H3/t21-,22?,23-,24-,25-,26-,27?,30-,31+,32?,33+/m0/s1. The molecule has 0 radical (unpaired) electrons. The topological polar surface area (TPSA) is 58.9 Å². The van der Waals surface area contributed by atoms with Crippen molar-refractivity contribution in [2.45, 2.75) is 156 Å². The van der Waals surface area contributed by atoms with E-state index in [1.165, 1.54) is 38.5 Å². The van der Waals surface area contributed by atoms with Gasteiger partial charge in [0.1, 0.15) is 0 Å². The maximum Gasteiger partial charge on any atom is 0.0883 e. The van der Waals surface area contributed by atoms with E-state index in [0.29, 0.717) is 28.6 Å². The fraction of sp³-hybridized carbons (Fsp3) is 1.00. The van der Waals surface area contributed by atoms with Crippen molar-refractivity contribution in [3.05, 3.63) is 0 Å². The van der Waals surface area contributed by atoms with Crippen molar-refractivity contribution in [1.82, 2.24) is 0 Å². The van der Waals surface area contributed by atoms with Gasteiger partial charge in [0.2, 0.25) is 0 Å². The molecule has 4 nitrogen and oxygen atoms in total. The van der Waals surface area contributed by atoms with Crippen LogP contribution in [-0.2, 0) is 9.47 Å². The molecule has 0 bridgehead atoms. The second-order valence-electron chi connectivity index (χ2n) is 16.2. The summed E-state index contributed by atoms with van der Waals surface area (Å²) in [6, 6.07) is 0. The molecular weight excluding hydrogens is 460 g/mol. The number of aliphatic hydroxyl groups is 2. The molecule has 1 aliphatic heterocycles. The first-order chi connectivity index (χ1) is 17.1. The zero-order valence-electron chi connectivity index (χ0n) is 25.5.